The summed E-state index contributed by atoms with van der Waals surface area (Å²) in [5.74, 6) is 0.426. The van der Waals surface area contributed by atoms with Crippen LogP contribution in [0.1, 0.15) is 0 Å². The smallest absolute Gasteiger partial charge is 0.261 e. The highest BCUT2D eigenvalue weighted by molar-refractivity contribution is 7.92. The van der Waals surface area contributed by atoms with Crippen LogP contribution in [0, 0.1) is 0 Å². The van der Waals surface area contributed by atoms with Crippen LogP contribution >= 0.6 is 11.6 Å². The highest BCUT2D eigenvalue weighted by Gasteiger charge is 2.15. The number of hydrogen-bond donors (Lipinski definition) is 2. The minimum Gasteiger partial charge on any atom is -0.495 e. The molecular formula is C13H13ClN2O3S. The van der Waals surface area contributed by atoms with Crippen molar-refractivity contribution in [3.05, 3.63) is 47.5 Å². The van der Waals surface area contributed by atoms with Crippen LogP contribution in [0.4, 0.5) is 11.4 Å². The Morgan fingerprint density at radius 1 is 1.15 bits per heavy atom. The van der Waals surface area contributed by atoms with Crippen LogP contribution in [0.2, 0.25) is 5.02 Å². The van der Waals surface area contributed by atoms with Gasteiger partial charge < -0.3 is 10.5 Å². The molecule has 0 aliphatic heterocycles. The number of nitrogens with two attached hydrogens (primary N) is 1. The molecule has 0 saturated heterocycles. The second-order valence-corrected chi connectivity index (χ2v) is 6.13. The molecule has 0 radical (unpaired) electrons. The molecular weight excluding hydrogens is 300 g/mol. The fraction of sp³-hybridized carbons (Fsp3) is 0.0769. The normalized spacial score (nSPS) is 11.1. The van der Waals surface area contributed by atoms with Crippen molar-refractivity contribution in [2.45, 2.75) is 4.90 Å². The van der Waals surface area contributed by atoms with Crippen molar-refractivity contribution < 1.29 is 13.2 Å². The second-order valence-electron chi connectivity index (χ2n) is 4.02. The maximum absolute atomic E-state index is 12.2. The molecule has 7 heteroatoms. The van der Waals surface area contributed by atoms with E-state index in [1.807, 2.05) is 0 Å². The first-order chi connectivity index (χ1) is 9.42. The Hall–Kier alpha value is -1.92. The third kappa shape index (κ3) is 3.15. The fourth-order valence-corrected chi connectivity index (χ4v) is 2.83. The molecule has 3 N–H and O–H groups in total. The van der Waals surface area contributed by atoms with Gasteiger partial charge in [-0.15, -0.1) is 0 Å². The van der Waals surface area contributed by atoms with Crippen LogP contribution in [-0.2, 0) is 10.0 Å². The summed E-state index contributed by atoms with van der Waals surface area (Å²) in [5.41, 5.74) is 6.38. The minimum atomic E-state index is -3.70. The minimum absolute atomic E-state index is 0.0609. The summed E-state index contributed by atoms with van der Waals surface area (Å²) in [7, 11) is -2.24. The van der Waals surface area contributed by atoms with Crippen LogP contribution in [0.5, 0.6) is 5.75 Å². The van der Waals surface area contributed by atoms with Crippen LogP contribution in [0.25, 0.3) is 0 Å². The first-order valence-electron chi connectivity index (χ1n) is 5.64. The van der Waals surface area contributed by atoms with Gasteiger partial charge in [-0.25, -0.2) is 8.42 Å². The average molecular weight is 313 g/mol. The van der Waals surface area contributed by atoms with Crippen LogP contribution in [-0.4, -0.2) is 15.5 Å². The van der Waals surface area contributed by atoms with Gasteiger partial charge in [0, 0.05) is 10.7 Å². The summed E-state index contributed by atoms with van der Waals surface area (Å²) in [6.45, 7) is 0. The Morgan fingerprint density at radius 2 is 1.80 bits per heavy atom. The summed E-state index contributed by atoms with van der Waals surface area (Å²) in [5, 5.41) is 0.529. The molecule has 0 aliphatic rings. The number of rotatable bonds is 4. The number of benzene rings is 2. The number of hydrogen-bond acceptors (Lipinski definition) is 4. The highest BCUT2D eigenvalue weighted by atomic mass is 35.5. The van der Waals surface area contributed by atoms with Crippen molar-refractivity contribution in [1.29, 1.82) is 0 Å². The van der Waals surface area contributed by atoms with E-state index in [1.54, 1.807) is 24.3 Å². The largest absolute Gasteiger partial charge is 0.495 e. The van der Waals surface area contributed by atoms with E-state index in [0.29, 0.717) is 16.5 Å². The predicted molar refractivity (Wildman–Crippen MR) is 79.7 cm³/mol. The van der Waals surface area contributed by atoms with Crippen LogP contribution in [0.3, 0.4) is 0 Å². The summed E-state index contributed by atoms with van der Waals surface area (Å²) in [6, 6.07) is 10.6. The Labute approximate surface area is 122 Å². The van der Waals surface area contributed by atoms with Gasteiger partial charge in [-0.1, -0.05) is 11.6 Å². The van der Waals surface area contributed by atoms with Gasteiger partial charge in [0.25, 0.3) is 10.0 Å². The third-order valence-electron chi connectivity index (χ3n) is 2.61. The lowest BCUT2D eigenvalue weighted by molar-refractivity contribution is 0.416. The van der Waals surface area contributed by atoms with E-state index in [-0.39, 0.29) is 10.6 Å². The predicted octanol–water partition coefficient (Wildman–Crippen LogP) is 2.73. The van der Waals surface area contributed by atoms with Crippen LogP contribution < -0.4 is 15.2 Å². The van der Waals surface area contributed by atoms with E-state index in [2.05, 4.69) is 4.72 Å². The molecule has 106 valence electrons. The van der Waals surface area contributed by atoms with Gasteiger partial charge in [0.1, 0.15) is 5.75 Å². The first-order valence-corrected chi connectivity index (χ1v) is 7.50. The molecule has 0 heterocycles. The molecule has 0 atom stereocenters. The van der Waals surface area contributed by atoms with Gasteiger partial charge in [-0.2, -0.15) is 0 Å². The molecule has 0 fully saturated rings. The zero-order valence-electron chi connectivity index (χ0n) is 10.6. The summed E-state index contributed by atoms with van der Waals surface area (Å²) < 4.78 is 31.8. The lowest BCUT2D eigenvalue weighted by Gasteiger charge is -2.10. The van der Waals surface area contributed by atoms with Gasteiger partial charge in [-0.05, 0) is 42.5 Å². The number of nitrogen functional groups attached to an aromatic ring is 1. The van der Waals surface area contributed by atoms with E-state index < -0.39 is 10.0 Å². The number of ether oxygens (including phenoxy) is 1. The maximum atomic E-state index is 12.2. The van der Waals surface area contributed by atoms with E-state index >= 15 is 0 Å². The molecule has 0 aromatic heterocycles. The third-order valence-corrected chi connectivity index (χ3v) is 4.24. The van der Waals surface area contributed by atoms with Crippen molar-refractivity contribution in [2.75, 3.05) is 17.6 Å². The number of methoxy groups -OCH3 is 1. The topological polar surface area (TPSA) is 81.4 Å². The maximum Gasteiger partial charge on any atom is 0.261 e. The van der Waals surface area contributed by atoms with Crippen LogP contribution in [0.15, 0.2) is 47.4 Å². The quantitative estimate of drug-likeness (QED) is 0.851. The van der Waals surface area contributed by atoms with Gasteiger partial charge in [0.05, 0.1) is 17.7 Å². The molecule has 5 nitrogen and oxygen atoms in total. The van der Waals surface area contributed by atoms with E-state index in [4.69, 9.17) is 22.1 Å². The average Bonchev–Trinajstić information content (AvgIpc) is 2.41. The summed E-state index contributed by atoms with van der Waals surface area (Å²) in [4.78, 5) is 0.0609. The van der Waals surface area contributed by atoms with Gasteiger partial charge in [-0.3, -0.25) is 4.72 Å². The lowest BCUT2D eigenvalue weighted by Crippen LogP contribution is -2.13. The number of halogens is 1. The van der Waals surface area contributed by atoms with E-state index in [9.17, 15) is 8.42 Å². The second kappa shape index (κ2) is 5.60. The van der Waals surface area contributed by atoms with Crippen molar-refractivity contribution in [1.82, 2.24) is 0 Å². The zero-order valence-corrected chi connectivity index (χ0v) is 12.2. The summed E-state index contributed by atoms with van der Waals surface area (Å²) >= 11 is 5.75. The standard InChI is InChI=1S/C13H13ClN2O3S/c1-19-13-7-6-11(8-12(13)15)20(17,18)16-10-4-2-9(14)3-5-10/h2-8,16H,15H2,1H3. The van der Waals surface area contributed by atoms with Crippen molar-refractivity contribution in [3.63, 3.8) is 0 Å². The SMILES string of the molecule is COc1ccc(S(=O)(=O)Nc2ccc(Cl)cc2)cc1N. The Balaban J connectivity index is 2.30. The van der Waals surface area contributed by atoms with Gasteiger partial charge in [0.15, 0.2) is 0 Å². The molecule has 0 spiro atoms. The molecule has 2 aromatic rings. The molecule has 2 aromatic carbocycles. The molecule has 0 unspecified atom stereocenters. The van der Waals surface area contributed by atoms with Gasteiger partial charge in [0.2, 0.25) is 0 Å². The zero-order chi connectivity index (χ0) is 14.8. The lowest BCUT2D eigenvalue weighted by atomic mass is 10.3. The molecule has 20 heavy (non-hydrogen) atoms. The van der Waals surface area contributed by atoms with Gasteiger partial charge >= 0.3 is 0 Å². The Morgan fingerprint density at radius 3 is 2.35 bits per heavy atom. The van der Waals surface area contributed by atoms with E-state index in [0.717, 1.165) is 0 Å². The molecule has 0 bridgehead atoms. The summed E-state index contributed by atoms with van der Waals surface area (Å²) in [6.07, 6.45) is 0. The van der Waals surface area contributed by atoms with Crippen molar-refractivity contribution >= 4 is 33.0 Å². The number of nitrogens with one attached hydrogen (secondary N) is 1. The van der Waals surface area contributed by atoms with Crippen molar-refractivity contribution in [3.8, 4) is 5.75 Å². The monoisotopic (exact) mass is 312 g/mol. The fourth-order valence-electron chi connectivity index (χ4n) is 1.61. The van der Waals surface area contributed by atoms with E-state index in [1.165, 1.54) is 25.3 Å². The molecule has 2 rings (SSSR count). The number of sulfonamides is 1. The Kier molecular flexibility index (Phi) is 4.06. The molecule has 0 saturated carbocycles. The highest BCUT2D eigenvalue weighted by Crippen LogP contribution is 2.25. The number of anilines is 2. The van der Waals surface area contributed by atoms with Crippen molar-refractivity contribution in [2.24, 2.45) is 0 Å². The molecule has 0 amide bonds. The Bertz CT molecular complexity index is 715. The molecule has 0 aliphatic carbocycles. The first kappa shape index (κ1) is 14.5.